The predicted molar refractivity (Wildman–Crippen MR) is 114 cm³/mol. The lowest BCUT2D eigenvalue weighted by molar-refractivity contribution is -0.384. The molecule has 3 rings (SSSR count). The Hall–Kier alpha value is -4.01. The van der Waals surface area contributed by atoms with Crippen molar-refractivity contribution in [1.29, 1.82) is 0 Å². The monoisotopic (exact) mass is 423 g/mol. The minimum atomic E-state index is -0.654. The molecule has 3 aromatic rings. The summed E-state index contributed by atoms with van der Waals surface area (Å²) in [6.45, 7) is 3.17. The molecule has 9 nitrogen and oxygen atoms in total. The highest BCUT2D eigenvalue weighted by Gasteiger charge is 2.20. The molecule has 0 spiro atoms. The molecule has 1 aromatic heterocycles. The molecule has 1 N–H and O–H groups in total. The van der Waals surface area contributed by atoms with E-state index in [2.05, 4.69) is 10.3 Å². The van der Waals surface area contributed by atoms with Crippen molar-refractivity contribution in [2.45, 2.75) is 20.3 Å². The Balaban J connectivity index is 1.79. The van der Waals surface area contributed by atoms with Crippen LogP contribution >= 0.6 is 0 Å². The summed E-state index contributed by atoms with van der Waals surface area (Å²) in [5, 5.41) is 14.1. The van der Waals surface area contributed by atoms with Crippen LogP contribution in [-0.2, 0) is 16.0 Å². The van der Waals surface area contributed by atoms with Gasteiger partial charge in [0.25, 0.3) is 11.6 Å². The van der Waals surface area contributed by atoms with Crippen LogP contribution in [0.5, 0.6) is 5.75 Å². The fraction of sp³-hybridized carbons (Fsp3) is 0.227. The standard InChI is InChI=1S/C22H21N3O6/c1-4-16-13(2)21(15-7-5-6-8-17(15)23-16)22(27)31-12-20(26)24-18-11-14(25(28)29)9-10-19(18)30-3/h5-11H,4,12H2,1-3H3,(H,24,26). The fourth-order valence-corrected chi connectivity index (χ4v) is 3.26. The highest BCUT2D eigenvalue weighted by Crippen LogP contribution is 2.29. The molecule has 0 saturated heterocycles. The fourth-order valence-electron chi connectivity index (χ4n) is 3.26. The van der Waals surface area contributed by atoms with Crippen molar-refractivity contribution in [1.82, 2.24) is 4.98 Å². The van der Waals surface area contributed by atoms with E-state index in [0.29, 0.717) is 28.5 Å². The number of pyridine rings is 1. The second kappa shape index (κ2) is 9.21. The van der Waals surface area contributed by atoms with Crippen LogP contribution in [0.15, 0.2) is 42.5 Å². The lowest BCUT2D eigenvalue weighted by atomic mass is 10.0. The van der Waals surface area contributed by atoms with E-state index >= 15 is 0 Å². The molecular formula is C22H21N3O6. The van der Waals surface area contributed by atoms with Gasteiger partial charge >= 0.3 is 5.97 Å². The number of nitrogens with zero attached hydrogens (tertiary/aromatic N) is 2. The zero-order valence-corrected chi connectivity index (χ0v) is 17.3. The molecule has 0 saturated carbocycles. The van der Waals surface area contributed by atoms with Crippen LogP contribution in [0, 0.1) is 17.0 Å². The third-order valence-corrected chi connectivity index (χ3v) is 4.78. The average molecular weight is 423 g/mol. The molecule has 1 amide bonds. The number of para-hydroxylation sites is 1. The van der Waals surface area contributed by atoms with Gasteiger partial charge in [0.05, 0.1) is 28.8 Å². The van der Waals surface area contributed by atoms with Gasteiger partial charge in [0, 0.05) is 23.2 Å². The van der Waals surface area contributed by atoms with Crippen molar-refractivity contribution in [3.05, 3.63) is 69.4 Å². The number of nitro groups is 1. The maximum Gasteiger partial charge on any atom is 0.339 e. The van der Waals surface area contributed by atoms with Gasteiger partial charge < -0.3 is 14.8 Å². The number of hydrogen-bond donors (Lipinski definition) is 1. The Labute approximate surface area is 178 Å². The minimum Gasteiger partial charge on any atom is -0.495 e. The number of esters is 1. The van der Waals surface area contributed by atoms with Gasteiger partial charge in [-0.25, -0.2) is 4.79 Å². The maximum absolute atomic E-state index is 12.8. The average Bonchev–Trinajstić information content (AvgIpc) is 2.76. The Morgan fingerprint density at radius 2 is 1.94 bits per heavy atom. The number of non-ortho nitro benzene ring substituents is 1. The van der Waals surface area contributed by atoms with E-state index in [1.54, 1.807) is 19.1 Å². The molecule has 0 bridgehead atoms. The molecular weight excluding hydrogens is 402 g/mol. The molecule has 0 aliphatic rings. The lowest BCUT2D eigenvalue weighted by Crippen LogP contribution is -2.22. The molecule has 0 aliphatic heterocycles. The summed E-state index contributed by atoms with van der Waals surface area (Å²) in [6.07, 6.45) is 0.643. The molecule has 31 heavy (non-hydrogen) atoms. The highest BCUT2D eigenvalue weighted by molar-refractivity contribution is 6.06. The largest absolute Gasteiger partial charge is 0.495 e. The van der Waals surface area contributed by atoms with Crippen molar-refractivity contribution < 1.29 is 24.0 Å². The van der Waals surface area contributed by atoms with Crippen molar-refractivity contribution in [3.8, 4) is 5.75 Å². The quantitative estimate of drug-likeness (QED) is 0.348. The first-order chi connectivity index (χ1) is 14.8. The third kappa shape index (κ3) is 4.61. The van der Waals surface area contributed by atoms with Crippen LogP contribution in [0.25, 0.3) is 10.9 Å². The third-order valence-electron chi connectivity index (χ3n) is 4.78. The number of anilines is 1. The molecule has 0 fully saturated rings. The van der Waals surface area contributed by atoms with Crippen molar-refractivity contribution in [3.63, 3.8) is 0 Å². The lowest BCUT2D eigenvalue weighted by Gasteiger charge is -2.14. The van der Waals surface area contributed by atoms with Crippen LogP contribution < -0.4 is 10.1 Å². The number of ether oxygens (including phenoxy) is 2. The molecule has 2 aromatic carbocycles. The summed E-state index contributed by atoms with van der Waals surface area (Å²) < 4.78 is 10.4. The van der Waals surface area contributed by atoms with Gasteiger partial charge in [0.15, 0.2) is 6.61 Å². The van der Waals surface area contributed by atoms with Crippen LogP contribution in [-0.4, -0.2) is 35.5 Å². The molecule has 0 unspecified atom stereocenters. The van der Waals surface area contributed by atoms with Crippen LogP contribution in [0.4, 0.5) is 11.4 Å². The Bertz CT molecular complexity index is 1180. The summed E-state index contributed by atoms with van der Waals surface area (Å²) in [4.78, 5) is 40.1. The number of nitro benzene ring substituents is 1. The van der Waals surface area contributed by atoms with Crippen LogP contribution in [0.3, 0.4) is 0 Å². The number of benzene rings is 2. The highest BCUT2D eigenvalue weighted by atomic mass is 16.6. The first-order valence-corrected chi connectivity index (χ1v) is 9.53. The summed E-state index contributed by atoms with van der Waals surface area (Å²) in [6, 6.07) is 11.0. The summed E-state index contributed by atoms with van der Waals surface area (Å²) in [7, 11) is 1.37. The number of nitrogens with one attached hydrogen (secondary N) is 1. The number of rotatable bonds is 7. The van der Waals surface area contributed by atoms with E-state index in [9.17, 15) is 19.7 Å². The Morgan fingerprint density at radius 1 is 1.19 bits per heavy atom. The number of aromatic nitrogens is 1. The number of aryl methyl sites for hydroxylation is 1. The SMILES string of the molecule is CCc1nc2ccccc2c(C(=O)OCC(=O)Nc2cc([N+](=O)[O-])ccc2OC)c1C. The number of hydrogen-bond acceptors (Lipinski definition) is 7. The van der Waals surface area contributed by atoms with Gasteiger partial charge in [-0.05, 0) is 31.0 Å². The molecule has 9 heteroatoms. The van der Waals surface area contributed by atoms with E-state index in [4.69, 9.17) is 9.47 Å². The number of amides is 1. The van der Waals surface area contributed by atoms with Gasteiger partial charge in [-0.1, -0.05) is 25.1 Å². The molecule has 1 heterocycles. The van der Waals surface area contributed by atoms with Crippen molar-refractivity contribution >= 4 is 34.2 Å². The zero-order valence-electron chi connectivity index (χ0n) is 17.3. The van der Waals surface area contributed by atoms with Gasteiger partial charge in [-0.2, -0.15) is 0 Å². The van der Waals surface area contributed by atoms with Gasteiger partial charge in [-0.3, -0.25) is 19.9 Å². The second-order valence-electron chi connectivity index (χ2n) is 6.70. The smallest absolute Gasteiger partial charge is 0.339 e. The summed E-state index contributed by atoms with van der Waals surface area (Å²) in [5.41, 5.74) is 2.41. The molecule has 0 radical (unpaired) electrons. The first-order valence-electron chi connectivity index (χ1n) is 9.53. The first kappa shape index (κ1) is 21.7. The van der Waals surface area contributed by atoms with Gasteiger partial charge in [0.1, 0.15) is 5.75 Å². The number of carbonyl (C=O) groups excluding carboxylic acids is 2. The number of methoxy groups -OCH3 is 1. The van der Waals surface area contributed by atoms with E-state index in [1.165, 1.54) is 25.3 Å². The van der Waals surface area contributed by atoms with E-state index in [-0.39, 0.29) is 17.1 Å². The maximum atomic E-state index is 12.8. The van der Waals surface area contributed by atoms with Gasteiger partial charge in [0.2, 0.25) is 0 Å². The summed E-state index contributed by atoms with van der Waals surface area (Å²) >= 11 is 0. The molecule has 0 atom stereocenters. The minimum absolute atomic E-state index is 0.108. The predicted octanol–water partition coefficient (Wildman–Crippen LogP) is 3.82. The second-order valence-corrected chi connectivity index (χ2v) is 6.70. The molecule has 0 aliphatic carbocycles. The van der Waals surface area contributed by atoms with Crippen molar-refractivity contribution in [2.75, 3.05) is 19.0 Å². The van der Waals surface area contributed by atoms with Crippen LogP contribution in [0.1, 0.15) is 28.5 Å². The molecule has 160 valence electrons. The zero-order chi connectivity index (χ0) is 22.5. The van der Waals surface area contributed by atoms with E-state index in [1.807, 2.05) is 19.1 Å². The normalized spacial score (nSPS) is 10.5. The van der Waals surface area contributed by atoms with E-state index < -0.39 is 23.4 Å². The summed E-state index contributed by atoms with van der Waals surface area (Å²) in [5.74, 6) is -1.06. The number of fused-ring (bicyclic) bond motifs is 1. The van der Waals surface area contributed by atoms with Gasteiger partial charge in [-0.15, -0.1) is 0 Å². The Morgan fingerprint density at radius 3 is 2.61 bits per heavy atom. The number of carbonyl (C=O) groups is 2. The topological polar surface area (TPSA) is 121 Å². The van der Waals surface area contributed by atoms with Crippen LogP contribution in [0.2, 0.25) is 0 Å². The Kier molecular flexibility index (Phi) is 6.44. The van der Waals surface area contributed by atoms with Crippen molar-refractivity contribution in [2.24, 2.45) is 0 Å². The van der Waals surface area contributed by atoms with E-state index in [0.717, 1.165) is 5.69 Å².